The number of H-pyrrole nitrogens is 1. The summed E-state index contributed by atoms with van der Waals surface area (Å²) in [5, 5.41) is 3.65. The van der Waals surface area contributed by atoms with E-state index >= 15 is 0 Å². The standard InChI is InChI=1S/C20H27N3O4/c1-20(2)8-5-9-23(12-20)11-16(24)22-17-14-7-6-13(26-3)10-15(14)21-18(17)19(25)27-4/h6-7,10,21H,5,8-9,11-12H2,1-4H3,(H,22,24). The third kappa shape index (κ3) is 4.24. The molecule has 0 aliphatic carbocycles. The van der Waals surface area contributed by atoms with Gasteiger partial charge < -0.3 is 19.8 Å². The molecule has 0 spiro atoms. The number of rotatable bonds is 5. The SMILES string of the molecule is COC(=O)c1[nH]c2cc(OC)ccc2c1NC(=O)CN1CCCC(C)(C)C1. The predicted octanol–water partition coefficient (Wildman–Crippen LogP) is 3.02. The molecule has 2 aromatic rings. The molecule has 0 bridgehead atoms. The highest BCUT2D eigenvalue weighted by molar-refractivity contribution is 6.11. The van der Waals surface area contributed by atoms with Crippen LogP contribution in [0.5, 0.6) is 5.75 Å². The van der Waals surface area contributed by atoms with Gasteiger partial charge in [0, 0.05) is 18.0 Å². The molecule has 1 aromatic carbocycles. The van der Waals surface area contributed by atoms with E-state index in [4.69, 9.17) is 9.47 Å². The van der Waals surface area contributed by atoms with E-state index in [1.54, 1.807) is 19.2 Å². The van der Waals surface area contributed by atoms with Gasteiger partial charge in [-0.25, -0.2) is 4.79 Å². The van der Waals surface area contributed by atoms with Crippen molar-refractivity contribution in [3.05, 3.63) is 23.9 Å². The molecule has 1 aliphatic rings. The Labute approximate surface area is 159 Å². The molecule has 1 amide bonds. The van der Waals surface area contributed by atoms with Crippen molar-refractivity contribution in [3.8, 4) is 5.75 Å². The van der Waals surface area contributed by atoms with Crippen LogP contribution in [0.2, 0.25) is 0 Å². The maximum atomic E-state index is 12.7. The Balaban J connectivity index is 1.84. The molecule has 0 saturated carbocycles. The van der Waals surface area contributed by atoms with Crippen LogP contribution >= 0.6 is 0 Å². The van der Waals surface area contributed by atoms with Gasteiger partial charge in [0.1, 0.15) is 11.4 Å². The van der Waals surface area contributed by atoms with Crippen LogP contribution in [0.15, 0.2) is 18.2 Å². The number of carbonyl (C=O) groups is 2. The van der Waals surface area contributed by atoms with Crippen LogP contribution in [0.4, 0.5) is 5.69 Å². The largest absolute Gasteiger partial charge is 0.497 e. The summed E-state index contributed by atoms with van der Waals surface area (Å²) < 4.78 is 10.1. The summed E-state index contributed by atoms with van der Waals surface area (Å²) in [5.74, 6) is -0.0114. The molecular formula is C20H27N3O4. The Morgan fingerprint density at radius 2 is 2.07 bits per heavy atom. The van der Waals surface area contributed by atoms with Gasteiger partial charge in [-0.3, -0.25) is 9.69 Å². The van der Waals surface area contributed by atoms with Crippen LogP contribution in [0.3, 0.4) is 0 Å². The van der Waals surface area contributed by atoms with Crippen LogP contribution in [0, 0.1) is 5.41 Å². The number of anilines is 1. The van der Waals surface area contributed by atoms with E-state index in [0.29, 0.717) is 23.5 Å². The highest BCUT2D eigenvalue weighted by Gasteiger charge is 2.28. The minimum Gasteiger partial charge on any atom is -0.497 e. The number of ether oxygens (including phenoxy) is 2. The molecule has 2 N–H and O–H groups in total. The molecule has 0 atom stereocenters. The number of aromatic amines is 1. The number of aromatic nitrogens is 1. The summed E-state index contributed by atoms with van der Waals surface area (Å²) in [6.07, 6.45) is 2.25. The van der Waals surface area contributed by atoms with Gasteiger partial charge in [-0.05, 0) is 36.9 Å². The first-order valence-corrected chi connectivity index (χ1v) is 9.13. The molecule has 1 aromatic heterocycles. The number of methoxy groups -OCH3 is 2. The zero-order chi connectivity index (χ0) is 19.6. The van der Waals surface area contributed by atoms with Crippen LogP contribution in [0.25, 0.3) is 10.9 Å². The lowest BCUT2D eigenvalue weighted by Gasteiger charge is -2.37. The number of benzene rings is 1. The molecule has 1 fully saturated rings. The van der Waals surface area contributed by atoms with Crippen LogP contribution < -0.4 is 10.1 Å². The van der Waals surface area contributed by atoms with Gasteiger partial charge in [-0.2, -0.15) is 0 Å². The van der Waals surface area contributed by atoms with Crippen LogP contribution in [-0.2, 0) is 9.53 Å². The van der Waals surface area contributed by atoms with Crippen LogP contribution in [-0.4, -0.2) is 55.6 Å². The van der Waals surface area contributed by atoms with Crippen molar-refractivity contribution in [3.63, 3.8) is 0 Å². The summed E-state index contributed by atoms with van der Waals surface area (Å²) in [4.78, 5) is 30.0. The van der Waals surface area contributed by atoms with E-state index in [-0.39, 0.29) is 17.0 Å². The number of nitrogens with zero attached hydrogens (tertiary/aromatic N) is 1. The molecule has 3 rings (SSSR count). The maximum Gasteiger partial charge on any atom is 0.356 e. The molecule has 0 radical (unpaired) electrons. The average Bonchev–Trinajstić information content (AvgIpc) is 2.97. The zero-order valence-electron chi connectivity index (χ0n) is 16.3. The van der Waals surface area contributed by atoms with Gasteiger partial charge in [0.2, 0.25) is 5.91 Å². The molecule has 7 nitrogen and oxygen atoms in total. The van der Waals surface area contributed by atoms with Crippen molar-refractivity contribution >= 4 is 28.5 Å². The molecule has 0 unspecified atom stereocenters. The van der Waals surface area contributed by atoms with Crippen molar-refractivity contribution in [2.75, 3.05) is 39.2 Å². The highest BCUT2D eigenvalue weighted by Crippen LogP contribution is 2.32. The number of piperidine rings is 1. The maximum absolute atomic E-state index is 12.7. The van der Waals surface area contributed by atoms with Gasteiger partial charge in [0.25, 0.3) is 0 Å². The lowest BCUT2D eigenvalue weighted by atomic mass is 9.84. The van der Waals surface area contributed by atoms with E-state index < -0.39 is 5.97 Å². The summed E-state index contributed by atoms with van der Waals surface area (Å²) >= 11 is 0. The number of nitrogens with one attached hydrogen (secondary N) is 2. The minimum atomic E-state index is -0.528. The third-order valence-electron chi connectivity index (χ3n) is 5.01. The monoisotopic (exact) mass is 373 g/mol. The third-order valence-corrected chi connectivity index (χ3v) is 5.01. The fourth-order valence-corrected chi connectivity index (χ4v) is 3.75. The Morgan fingerprint density at radius 1 is 1.30 bits per heavy atom. The van der Waals surface area contributed by atoms with Crippen molar-refractivity contribution in [1.29, 1.82) is 0 Å². The van der Waals surface area contributed by atoms with Gasteiger partial charge in [-0.1, -0.05) is 13.8 Å². The smallest absolute Gasteiger partial charge is 0.356 e. The first kappa shape index (κ1) is 19.2. The van der Waals surface area contributed by atoms with Crippen molar-refractivity contribution < 1.29 is 19.1 Å². The molecule has 27 heavy (non-hydrogen) atoms. The quantitative estimate of drug-likeness (QED) is 0.787. The van der Waals surface area contributed by atoms with E-state index in [2.05, 4.69) is 29.0 Å². The zero-order valence-corrected chi connectivity index (χ0v) is 16.3. The summed E-state index contributed by atoms with van der Waals surface area (Å²) in [6.45, 7) is 6.53. The average molecular weight is 373 g/mol. The Morgan fingerprint density at radius 3 is 2.74 bits per heavy atom. The molecule has 1 saturated heterocycles. The molecular weight excluding hydrogens is 346 g/mol. The van der Waals surface area contributed by atoms with Crippen LogP contribution in [0.1, 0.15) is 37.2 Å². The second kappa shape index (κ2) is 7.60. The van der Waals surface area contributed by atoms with E-state index in [1.165, 1.54) is 13.5 Å². The van der Waals surface area contributed by atoms with E-state index in [1.807, 2.05) is 6.07 Å². The minimum absolute atomic E-state index is 0.144. The van der Waals surface area contributed by atoms with Gasteiger partial charge in [0.15, 0.2) is 0 Å². The number of likely N-dealkylation sites (tertiary alicyclic amines) is 1. The predicted molar refractivity (Wildman–Crippen MR) is 104 cm³/mol. The molecule has 7 heteroatoms. The second-order valence-electron chi connectivity index (χ2n) is 7.80. The Hall–Kier alpha value is -2.54. The molecule has 1 aliphatic heterocycles. The van der Waals surface area contributed by atoms with E-state index in [0.717, 1.165) is 24.9 Å². The first-order valence-electron chi connectivity index (χ1n) is 9.13. The summed E-state index contributed by atoms with van der Waals surface area (Å²) in [5.41, 5.74) is 1.59. The highest BCUT2D eigenvalue weighted by atomic mass is 16.5. The van der Waals surface area contributed by atoms with Gasteiger partial charge >= 0.3 is 5.97 Å². The Bertz CT molecular complexity index is 856. The number of fused-ring (bicyclic) bond motifs is 1. The number of esters is 1. The van der Waals surface area contributed by atoms with Crippen molar-refractivity contribution in [2.24, 2.45) is 5.41 Å². The normalized spacial score (nSPS) is 16.9. The lowest BCUT2D eigenvalue weighted by Crippen LogP contribution is -2.43. The first-order chi connectivity index (χ1) is 12.8. The fourth-order valence-electron chi connectivity index (χ4n) is 3.75. The summed E-state index contributed by atoms with van der Waals surface area (Å²) in [7, 11) is 2.89. The number of hydrogen-bond acceptors (Lipinski definition) is 5. The second-order valence-corrected chi connectivity index (χ2v) is 7.80. The Kier molecular flexibility index (Phi) is 5.41. The number of carbonyl (C=O) groups excluding carboxylic acids is 2. The topological polar surface area (TPSA) is 83.7 Å². The number of hydrogen-bond donors (Lipinski definition) is 2. The van der Waals surface area contributed by atoms with Gasteiger partial charge in [-0.15, -0.1) is 0 Å². The number of amides is 1. The molecule has 146 valence electrons. The van der Waals surface area contributed by atoms with Crippen molar-refractivity contribution in [1.82, 2.24) is 9.88 Å². The summed E-state index contributed by atoms with van der Waals surface area (Å²) in [6, 6.07) is 5.39. The van der Waals surface area contributed by atoms with Gasteiger partial charge in [0.05, 0.1) is 32.0 Å². The van der Waals surface area contributed by atoms with E-state index in [9.17, 15) is 9.59 Å². The van der Waals surface area contributed by atoms with Crippen molar-refractivity contribution in [2.45, 2.75) is 26.7 Å². The molecule has 2 heterocycles. The lowest BCUT2D eigenvalue weighted by molar-refractivity contribution is -0.118. The fraction of sp³-hybridized carbons (Fsp3) is 0.500.